The molecular weight excluding hydrogens is 507 g/mol. The summed E-state index contributed by atoms with van der Waals surface area (Å²) in [5.41, 5.74) is 3.38. The number of nitrogens with one attached hydrogen (secondary N) is 2. The second-order valence-electron chi connectivity index (χ2n) is 8.24. The van der Waals surface area contributed by atoms with Crippen LogP contribution in [0.15, 0.2) is 97.3 Å². The SMILES string of the molecule is O=C(NCc1ccc(C(=O)Nc2ccc(Cl)c(-c3nccc4ccccc34)c2)c(Cl)c1)c1ccccn1. The quantitative estimate of drug-likeness (QED) is 0.255. The lowest BCUT2D eigenvalue weighted by Gasteiger charge is -2.12. The van der Waals surface area contributed by atoms with Gasteiger partial charge in [-0.3, -0.25) is 19.6 Å². The molecule has 0 aliphatic heterocycles. The number of amides is 2. The number of anilines is 1. The first kappa shape index (κ1) is 24.4. The smallest absolute Gasteiger partial charge is 0.270 e. The number of carbonyl (C=O) groups excluding carboxylic acids is 2. The van der Waals surface area contributed by atoms with E-state index >= 15 is 0 Å². The predicted octanol–water partition coefficient (Wildman–Crippen LogP) is 6.79. The Bertz CT molecular complexity index is 1620. The van der Waals surface area contributed by atoms with Crippen LogP contribution < -0.4 is 10.6 Å². The first-order valence-corrected chi connectivity index (χ1v) is 12.2. The van der Waals surface area contributed by atoms with Gasteiger partial charge in [0.2, 0.25) is 0 Å². The summed E-state index contributed by atoms with van der Waals surface area (Å²) in [6.07, 6.45) is 3.29. The van der Waals surface area contributed by atoms with Gasteiger partial charge in [0.15, 0.2) is 0 Å². The summed E-state index contributed by atoms with van der Waals surface area (Å²) >= 11 is 12.9. The summed E-state index contributed by atoms with van der Waals surface area (Å²) in [6, 6.07) is 25.2. The van der Waals surface area contributed by atoms with Gasteiger partial charge < -0.3 is 10.6 Å². The van der Waals surface area contributed by atoms with E-state index in [2.05, 4.69) is 20.6 Å². The summed E-state index contributed by atoms with van der Waals surface area (Å²) in [6.45, 7) is 0.246. The summed E-state index contributed by atoms with van der Waals surface area (Å²) in [4.78, 5) is 33.8. The number of aromatic nitrogens is 2. The average Bonchev–Trinajstić information content (AvgIpc) is 2.93. The number of carbonyl (C=O) groups is 2. The van der Waals surface area contributed by atoms with E-state index in [1.807, 2.05) is 30.3 Å². The van der Waals surface area contributed by atoms with E-state index in [1.54, 1.807) is 67.0 Å². The average molecular weight is 527 g/mol. The van der Waals surface area contributed by atoms with E-state index in [9.17, 15) is 9.59 Å². The number of nitrogens with zero attached hydrogens (tertiary/aromatic N) is 2. The molecule has 5 aromatic rings. The topological polar surface area (TPSA) is 84.0 Å². The number of hydrogen-bond acceptors (Lipinski definition) is 4. The van der Waals surface area contributed by atoms with Gasteiger partial charge in [0.25, 0.3) is 11.8 Å². The number of benzene rings is 3. The molecule has 0 radical (unpaired) electrons. The maximum absolute atomic E-state index is 13.0. The Morgan fingerprint density at radius 1 is 0.757 bits per heavy atom. The number of hydrogen-bond donors (Lipinski definition) is 2. The highest BCUT2D eigenvalue weighted by Crippen LogP contribution is 2.34. The normalized spacial score (nSPS) is 10.8. The van der Waals surface area contributed by atoms with Crippen LogP contribution in [0.1, 0.15) is 26.4 Å². The van der Waals surface area contributed by atoms with Crippen LogP contribution in [0.4, 0.5) is 5.69 Å². The van der Waals surface area contributed by atoms with Crippen molar-refractivity contribution in [3.8, 4) is 11.3 Å². The molecule has 5 rings (SSSR count). The van der Waals surface area contributed by atoms with Crippen molar-refractivity contribution < 1.29 is 9.59 Å². The molecule has 0 aliphatic rings. The third kappa shape index (κ3) is 5.45. The van der Waals surface area contributed by atoms with Gasteiger partial charge in [0.1, 0.15) is 5.69 Å². The van der Waals surface area contributed by atoms with Crippen molar-refractivity contribution >= 4 is 51.5 Å². The fraction of sp³-hybridized carbons (Fsp3) is 0.0345. The van der Waals surface area contributed by atoms with E-state index < -0.39 is 0 Å². The van der Waals surface area contributed by atoms with Crippen molar-refractivity contribution in [1.82, 2.24) is 15.3 Å². The molecule has 3 aromatic carbocycles. The number of halogens is 2. The molecule has 0 atom stereocenters. The van der Waals surface area contributed by atoms with Crippen molar-refractivity contribution in [2.24, 2.45) is 0 Å². The summed E-state index contributed by atoms with van der Waals surface area (Å²) < 4.78 is 0. The van der Waals surface area contributed by atoms with Gasteiger partial charge in [-0.2, -0.15) is 0 Å². The highest BCUT2D eigenvalue weighted by atomic mass is 35.5. The Hall–Kier alpha value is -4.26. The number of pyridine rings is 2. The fourth-order valence-electron chi connectivity index (χ4n) is 3.94. The molecule has 2 aromatic heterocycles. The molecule has 37 heavy (non-hydrogen) atoms. The molecule has 2 heterocycles. The lowest BCUT2D eigenvalue weighted by atomic mass is 10.0. The van der Waals surface area contributed by atoms with Crippen LogP contribution in [0.5, 0.6) is 0 Å². The zero-order valence-electron chi connectivity index (χ0n) is 19.4. The second kappa shape index (κ2) is 10.8. The van der Waals surface area contributed by atoms with Crippen molar-refractivity contribution in [1.29, 1.82) is 0 Å². The molecule has 182 valence electrons. The van der Waals surface area contributed by atoms with Crippen LogP contribution >= 0.6 is 23.2 Å². The fourth-order valence-corrected chi connectivity index (χ4v) is 4.44. The van der Waals surface area contributed by atoms with Crippen molar-refractivity contribution in [3.05, 3.63) is 124 Å². The predicted molar refractivity (Wildman–Crippen MR) is 147 cm³/mol. The monoisotopic (exact) mass is 526 g/mol. The molecule has 0 saturated carbocycles. The molecular formula is C29H20Cl2N4O2. The van der Waals surface area contributed by atoms with Crippen molar-refractivity contribution in [3.63, 3.8) is 0 Å². The standard InChI is InChI=1S/C29H20Cl2N4O2/c30-24-11-9-20(16-23(24)27-21-6-2-1-5-19(21)12-14-33-27)35-28(36)22-10-8-18(15-25(22)31)17-34-29(37)26-7-3-4-13-32-26/h1-16H,17H2,(H,34,37)(H,35,36). The molecule has 2 N–H and O–H groups in total. The summed E-state index contributed by atoms with van der Waals surface area (Å²) in [5.74, 6) is -0.661. The summed E-state index contributed by atoms with van der Waals surface area (Å²) in [5, 5.41) is 8.48. The Labute approximate surface area is 223 Å². The molecule has 0 saturated heterocycles. The van der Waals surface area contributed by atoms with Crippen LogP contribution in [0.25, 0.3) is 22.0 Å². The third-order valence-corrected chi connectivity index (χ3v) is 6.42. The second-order valence-corrected chi connectivity index (χ2v) is 9.06. The molecule has 0 aliphatic carbocycles. The first-order chi connectivity index (χ1) is 18.0. The van der Waals surface area contributed by atoms with Crippen molar-refractivity contribution in [2.75, 3.05) is 5.32 Å². The molecule has 6 nitrogen and oxygen atoms in total. The van der Waals surface area contributed by atoms with Gasteiger partial charge in [-0.05, 0) is 59.5 Å². The molecule has 8 heteroatoms. The summed E-state index contributed by atoms with van der Waals surface area (Å²) in [7, 11) is 0. The Balaban J connectivity index is 1.32. The first-order valence-electron chi connectivity index (χ1n) is 11.4. The molecule has 0 unspecified atom stereocenters. The molecule has 0 bridgehead atoms. The van der Waals surface area contributed by atoms with Gasteiger partial charge in [-0.25, -0.2) is 0 Å². The Morgan fingerprint density at radius 3 is 2.41 bits per heavy atom. The minimum Gasteiger partial charge on any atom is -0.347 e. The number of rotatable bonds is 6. The zero-order valence-corrected chi connectivity index (χ0v) is 20.9. The molecule has 2 amide bonds. The highest BCUT2D eigenvalue weighted by molar-refractivity contribution is 6.35. The van der Waals surface area contributed by atoms with E-state index in [-0.39, 0.29) is 23.4 Å². The lowest BCUT2D eigenvalue weighted by molar-refractivity contribution is 0.0945. The van der Waals surface area contributed by atoms with Crippen LogP contribution in [-0.4, -0.2) is 21.8 Å². The Morgan fingerprint density at radius 2 is 1.59 bits per heavy atom. The largest absolute Gasteiger partial charge is 0.347 e. The number of fused-ring (bicyclic) bond motifs is 1. The zero-order chi connectivity index (χ0) is 25.8. The maximum Gasteiger partial charge on any atom is 0.270 e. The van der Waals surface area contributed by atoms with Gasteiger partial charge in [0.05, 0.1) is 21.3 Å². The maximum atomic E-state index is 13.0. The van der Waals surface area contributed by atoms with Gasteiger partial charge in [0, 0.05) is 35.6 Å². The Kier molecular flexibility index (Phi) is 7.12. The van der Waals surface area contributed by atoms with Gasteiger partial charge >= 0.3 is 0 Å². The van der Waals surface area contributed by atoms with Crippen LogP contribution in [0.2, 0.25) is 10.0 Å². The minimum atomic E-state index is -0.367. The van der Waals surface area contributed by atoms with Crippen LogP contribution in [0, 0.1) is 0 Å². The van der Waals surface area contributed by atoms with Crippen molar-refractivity contribution in [2.45, 2.75) is 6.54 Å². The van der Waals surface area contributed by atoms with Gasteiger partial charge in [-0.15, -0.1) is 0 Å². The van der Waals surface area contributed by atoms with E-state index in [0.29, 0.717) is 27.5 Å². The van der Waals surface area contributed by atoms with Crippen LogP contribution in [-0.2, 0) is 6.54 Å². The third-order valence-electron chi connectivity index (χ3n) is 5.78. The lowest BCUT2D eigenvalue weighted by Crippen LogP contribution is -2.23. The van der Waals surface area contributed by atoms with E-state index in [4.69, 9.17) is 23.2 Å². The van der Waals surface area contributed by atoms with E-state index in [0.717, 1.165) is 22.0 Å². The van der Waals surface area contributed by atoms with Gasteiger partial charge in [-0.1, -0.05) is 59.6 Å². The van der Waals surface area contributed by atoms with Crippen LogP contribution in [0.3, 0.4) is 0 Å². The van der Waals surface area contributed by atoms with E-state index in [1.165, 1.54) is 0 Å². The molecule has 0 fully saturated rings. The minimum absolute atomic E-state index is 0.246. The molecule has 0 spiro atoms. The highest BCUT2D eigenvalue weighted by Gasteiger charge is 2.15.